The molecule has 5 nitrogen and oxygen atoms in total. The van der Waals surface area contributed by atoms with Crippen LogP contribution in [0.4, 0.5) is 13.2 Å². The fraction of sp³-hybridized carbons (Fsp3) is 0.217. The highest BCUT2D eigenvalue weighted by molar-refractivity contribution is 9.10. The third kappa shape index (κ3) is 6.13. The fourth-order valence-corrected chi connectivity index (χ4v) is 4.11. The maximum Gasteiger partial charge on any atom is 0.432 e. The van der Waals surface area contributed by atoms with Crippen LogP contribution in [-0.4, -0.2) is 23.5 Å². The van der Waals surface area contributed by atoms with E-state index >= 15 is 0 Å². The Morgan fingerprint density at radius 3 is 2.21 bits per heavy atom. The highest BCUT2D eigenvalue weighted by atomic mass is 79.9. The van der Waals surface area contributed by atoms with Crippen LogP contribution < -0.4 is 0 Å². The van der Waals surface area contributed by atoms with Gasteiger partial charge in [-0.15, -0.1) is 0 Å². The molecule has 3 rings (SSSR count). The molecule has 34 heavy (non-hydrogen) atoms. The van der Waals surface area contributed by atoms with Gasteiger partial charge in [-0.05, 0) is 58.2 Å². The Morgan fingerprint density at radius 2 is 1.65 bits per heavy atom. The predicted molar refractivity (Wildman–Crippen MR) is 128 cm³/mol. The average Bonchev–Trinajstić information content (AvgIpc) is 3.08. The second-order valence-corrected chi connectivity index (χ2v) is 8.65. The molecule has 0 aliphatic rings. The van der Waals surface area contributed by atoms with E-state index in [4.69, 9.17) is 32.8 Å². The van der Waals surface area contributed by atoms with Crippen molar-refractivity contribution < 1.29 is 22.7 Å². The summed E-state index contributed by atoms with van der Waals surface area (Å²) in [5.74, 6) is 0. The lowest BCUT2D eigenvalue weighted by Gasteiger charge is -2.16. The number of nitrogens with zero attached hydrogens (tertiary/aromatic N) is 3. The maximum absolute atomic E-state index is 13.8. The molecule has 0 radical (unpaired) electrons. The van der Waals surface area contributed by atoms with Crippen LogP contribution >= 0.6 is 39.1 Å². The highest BCUT2D eigenvalue weighted by Crippen LogP contribution is 2.43. The van der Waals surface area contributed by atoms with E-state index < -0.39 is 18.6 Å². The van der Waals surface area contributed by atoms with E-state index in [1.807, 2.05) is 6.07 Å². The van der Waals surface area contributed by atoms with Crippen LogP contribution in [0, 0.1) is 11.3 Å². The minimum Gasteiger partial charge on any atom is -0.393 e. The monoisotopic (exact) mass is 573 g/mol. The van der Waals surface area contributed by atoms with Crippen molar-refractivity contribution in [2.24, 2.45) is 5.16 Å². The standard InChI is InChI=1S/C23H17BrCl2F3N3O2/c1-14(15-2-6-17(25)7-3-15)31-34-11-10-33-13-32-21(16-4-8-18(26)9-5-16)19(12-30)20(24)22(32)23(27,28)29/h2-9H,10-11,13H2,1H3. The van der Waals surface area contributed by atoms with E-state index in [9.17, 15) is 18.4 Å². The van der Waals surface area contributed by atoms with Gasteiger partial charge in [0.2, 0.25) is 0 Å². The number of halogens is 6. The van der Waals surface area contributed by atoms with Crippen LogP contribution in [0.2, 0.25) is 10.0 Å². The molecule has 0 saturated carbocycles. The van der Waals surface area contributed by atoms with Crippen molar-refractivity contribution >= 4 is 44.8 Å². The Labute approximate surface area is 212 Å². The smallest absolute Gasteiger partial charge is 0.393 e. The van der Waals surface area contributed by atoms with Crippen molar-refractivity contribution in [3.8, 4) is 17.3 Å². The first-order valence-corrected chi connectivity index (χ1v) is 11.3. The summed E-state index contributed by atoms with van der Waals surface area (Å²) in [5.41, 5.74) is 0.698. The number of ether oxygens (including phenoxy) is 1. The SMILES string of the molecule is CC(=NOCCOCn1c(-c2ccc(Cl)cc2)c(C#N)c(Br)c1C(F)(F)F)c1ccc(Cl)cc1. The van der Waals surface area contributed by atoms with Gasteiger partial charge in [0.1, 0.15) is 25.1 Å². The molecule has 178 valence electrons. The number of rotatable bonds is 8. The first-order valence-electron chi connectivity index (χ1n) is 9.79. The Balaban J connectivity index is 1.75. The summed E-state index contributed by atoms with van der Waals surface area (Å²) in [7, 11) is 0. The zero-order chi connectivity index (χ0) is 24.9. The number of nitriles is 1. The number of oxime groups is 1. The van der Waals surface area contributed by atoms with E-state index in [-0.39, 0.29) is 28.9 Å². The fourth-order valence-electron chi connectivity index (χ4n) is 3.14. The lowest BCUT2D eigenvalue weighted by Crippen LogP contribution is -2.17. The Bertz CT molecular complexity index is 1220. The van der Waals surface area contributed by atoms with E-state index in [1.54, 1.807) is 43.3 Å². The Morgan fingerprint density at radius 1 is 1.06 bits per heavy atom. The third-order valence-electron chi connectivity index (χ3n) is 4.70. The Kier molecular flexibility index (Phi) is 8.66. The van der Waals surface area contributed by atoms with Gasteiger partial charge in [0.05, 0.1) is 28.0 Å². The maximum atomic E-state index is 13.8. The van der Waals surface area contributed by atoms with Gasteiger partial charge in [0.15, 0.2) is 0 Å². The molecule has 0 bridgehead atoms. The summed E-state index contributed by atoms with van der Waals surface area (Å²) in [4.78, 5) is 5.22. The van der Waals surface area contributed by atoms with Crippen LogP contribution in [0.25, 0.3) is 11.3 Å². The lowest BCUT2D eigenvalue weighted by molar-refractivity contribution is -0.146. The third-order valence-corrected chi connectivity index (χ3v) is 5.98. The van der Waals surface area contributed by atoms with Crippen molar-refractivity contribution in [1.29, 1.82) is 5.26 Å². The molecule has 3 aromatic rings. The summed E-state index contributed by atoms with van der Waals surface area (Å²) in [6.45, 7) is 1.26. The molecular formula is C23H17BrCl2F3N3O2. The normalized spacial score (nSPS) is 12.0. The van der Waals surface area contributed by atoms with Gasteiger partial charge < -0.3 is 14.1 Å². The largest absolute Gasteiger partial charge is 0.432 e. The minimum atomic E-state index is -4.73. The summed E-state index contributed by atoms with van der Waals surface area (Å²) in [5, 5.41) is 14.5. The molecule has 0 atom stereocenters. The number of hydrogen-bond acceptors (Lipinski definition) is 4. The first kappa shape index (κ1) is 26.1. The topological polar surface area (TPSA) is 59.5 Å². The van der Waals surface area contributed by atoms with Crippen LogP contribution in [0.1, 0.15) is 23.7 Å². The molecule has 0 saturated heterocycles. The predicted octanol–water partition coefficient (Wildman–Crippen LogP) is 7.53. The van der Waals surface area contributed by atoms with E-state index in [2.05, 4.69) is 21.1 Å². The summed E-state index contributed by atoms with van der Waals surface area (Å²) in [6, 6.07) is 15.0. The van der Waals surface area contributed by atoms with Gasteiger partial charge in [-0.1, -0.05) is 52.6 Å². The van der Waals surface area contributed by atoms with Gasteiger partial charge >= 0.3 is 6.18 Å². The number of aromatic nitrogens is 1. The average molecular weight is 575 g/mol. The molecule has 0 amide bonds. The van der Waals surface area contributed by atoms with Crippen LogP contribution in [0.15, 0.2) is 58.2 Å². The summed E-state index contributed by atoms with van der Waals surface area (Å²) < 4.78 is 47.5. The molecule has 11 heteroatoms. The van der Waals surface area contributed by atoms with Crippen LogP contribution in [0.5, 0.6) is 0 Å². The quantitative estimate of drug-likeness (QED) is 0.159. The van der Waals surface area contributed by atoms with Gasteiger partial charge in [-0.3, -0.25) is 0 Å². The van der Waals surface area contributed by atoms with Gasteiger partial charge in [-0.25, -0.2) is 0 Å². The van der Waals surface area contributed by atoms with Gasteiger partial charge in [-0.2, -0.15) is 18.4 Å². The van der Waals surface area contributed by atoms with Gasteiger partial charge in [0, 0.05) is 10.0 Å². The minimum absolute atomic E-state index is 0.0100. The zero-order valence-corrected chi connectivity index (χ0v) is 20.8. The Hall–Kier alpha value is -2.51. The molecule has 2 aromatic carbocycles. The van der Waals surface area contributed by atoms with E-state index in [1.165, 1.54) is 12.1 Å². The molecular weight excluding hydrogens is 558 g/mol. The van der Waals surface area contributed by atoms with Crippen molar-refractivity contribution in [3.05, 3.63) is 79.9 Å². The summed E-state index contributed by atoms with van der Waals surface area (Å²) >= 11 is 14.7. The number of alkyl halides is 3. The van der Waals surface area contributed by atoms with E-state index in [0.717, 1.165) is 10.1 Å². The second kappa shape index (κ2) is 11.3. The van der Waals surface area contributed by atoms with Crippen molar-refractivity contribution in [3.63, 3.8) is 0 Å². The molecule has 0 fully saturated rings. The van der Waals surface area contributed by atoms with Crippen molar-refractivity contribution in [1.82, 2.24) is 4.57 Å². The first-order chi connectivity index (χ1) is 16.1. The lowest BCUT2D eigenvalue weighted by atomic mass is 10.1. The molecule has 0 aliphatic carbocycles. The van der Waals surface area contributed by atoms with E-state index in [0.29, 0.717) is 21.3 Å². The molecule has 0 aliphatic heterocycles. The van der Waals surface area contributed by atoms with Crippen molar-refractivity contribution in [2.75, 3.05) is 13.2 Å². The molecule has 0 N–H and O–H groups in total. The number of benzene rings is 2. The molecule has 0 spiro atoms. The molecule has 1 aromatic heterocycles. The molecule has 1 heterocycles. The highest BCUT2D eigenvalue weighted by Gasteiger charge is 2.40. The summed E-state index contributed by atoms with van der Waals surface area (Å²) in [6.07, 6.45) is -4.73. The molecule has 0 unspecified atom stereocenters. The number of hydrogen-bond donors (Lipinski definition) is 0. The van der Waals surface area contributed by atoms with Crippen LogP contribution in [-0.2, 0) is 22.5 Å². The van der Waals surface area contributed by atoms with Gasteiger partial charge in [0.25, 0.3) is 0 Å². The second-order valence-electron chi connectivity index (χ2n) is 6.98. The van der Waals surface area contributed by atoms with Crippen molar-refractivity contribution in [2.45, 2.75) is 19.8 Å². The zero-order valence-electron chi connectivity index (χ0n) is 17.7. The van der Waals surface area contributed by atoms with Crippen LogP contribution in [0.3, 0.4) is 0 Å².